The molecule has 7 nitrogen and oxygen atoms in total. The smallest absolute Gasteiger partial charge is 0.254 e. The molecule has 1 aliphatic rings. The van der Waals surface area contributed by atoms with Gasteiger partial charge in [0.15, 0.2) is 0 Å². The second-order valence-corrected chi connectivity index (χ2v) is 7.88. The lowest BCUT2D eigenvalue weighted by molar-refractivity contribution is 0.0617. The number of thiophene rings is 1. The Morgan fingerprint density at radius 2 is 1.93 bits per heavy atom. The van der Waals surface area contributed by atoms with Crippen molar-refractivity contribution in [3.05, 3.63) is 65.5 Å². The van der Waals surface area contributed by atoms with Crippen molar-refractivity contribution in [1.29, 1.82) is 0 Å². The van der Waals surface area contributed by atoms with Crippen molar-refractivity contribution in [3.8, 4) is 10.7 Å². The number of rotatable bonds is 4. The van der Waals surface area contributed by atoms with Gasteiger partial charge in [0.25, 0.3) is 5.91 Å². The van der Waals surface area contributed by atoms with Crippen LogP contribution in [0.15, 0.2) is 58.6 Å². The van der Waals surface area contributed by atoms with Gasteiger partial charge in [0.2, 0.25) is 11.7 Å². The molecule has 0 N–H and O–H groups in total. The van der Waals surface area contributed by atoms with Crippen LogP contribution in [0.3, 0.4) is 0 Å². The number of carbonyl (C=O) groups excluding carboxylic acids is 1. The van der Waals surface area contributed by atoms with Crippen LogP contribution in [0.4, 0.5) is 0 Å². The van der Waals surface area contributed by atoms with Crippen LogP contribution in [0.1, 0.15) is 16.2 Å². The summed E-state index contributed by atoms with van der Waals surface area (Å²) in [5.74, 6) is 1.29. The zero-order chi connectivity index (χ0) is 19.6. The Hall–Kier alpha value is -3.10. The number of carbonyl (C=O) groups is 1. The molecule has 0 unspecified atom stereocenters. The van der Waals surface area contributed by atoms with Gasteiger partial charge < -0.3 is 9.42 Å². The lowest BCUT2D eigenvalue weighted by Crippen LogP contribution is -2.48. The zero-order valence-corrected chi connectivity index (χ0v) is 16.5. The summed E-state index contributed by atoms with van der Waals surface area (Å²) >= 11 is 1.59. The fourth-order valence-corrected chi connectivity index (χ4v) is 4.23. The minimum atomic E-state index is 0.0565. The van der Waals surface area contributed by atoms with Crippen molar-refractivity contribution in [2.24, 2.45) is 0 Å². The lowest BCUT2D eigenvalue weighted by atomic mass is 10.1. The standard InChI is InChI=1S/C21H19N5O2S/c27-21(16-7-8-22-17-5-2-1-4-15(16)17)26-11-9-25(10-12-26)14-19-23-20(24-28-19)18-6-3-13-29-18/h1-8,13H,9-12,14H2. The molecule has 1 amide bonds. The van der Waals surface area contributed by atoms with E-state index in [-0.39, 0.29) is 5.91 Å². The van der Waals surface area contributed by atoms with Crippen LogP contribution in [0, 0.1) is 0 Å². The average molecular weight is 405 g/mol. The molecule has 5 rings (SSSR count). The quantitative estimate of drug-likeness (QED) is 0.519. The Kier molecular flexibility index (Phi) is 4.79. The van der Waals surface area contributed by atoms with Gasteiger partial charge in [0.05, 0.1) is 22.5 Å². The molecule has 1 aliphatic heterocycles. The van der Waals surface area contributed by atoms with Gasteiger partial charge >= 0.3 is 0 Å². The Balaban J connectivity index is 1.23. The van der Waals surface area contributed by atoms with Gasteiger partial charge in [-0.2, -0.15) is 4.98 Å². The molecule has 0 saturated carbocycles. The largest absolute Gasteiger partial charge is 0.338 e. The van der Waals surface area contributed by atoms with E-state index < -0.39 is 0 Å². The normalized spacial score (nSPS) is 15.1. The van der Waals surface area contributed by atoms with E-state index in [9.17, 15) is 4.79 Å². The van der Waals surface area contributed by atoms with E-state index >= 15 is 0 Å². The van der Waals surface area contributed by atoms with Crippen LogP contribution < -0.4 is 0 Å². The number of aromatic nitrogens is 3. The number of benzene rings is 1. The van der Waals surface area contributed by atoms with E-state index in [2.05, 4.69) is 20.0 Å². The van der Waals surface area contributed by atoms with Crippen molar-refractivity contribution in [2.45, 2.75) is 6.54 Å². The van der Waals surface area contributed by atoms with E-state index in [1.807, 2.05) is 52.7 Å². The van der Waals surface area contributed by atoms with Crippen molar-refractivity contribution < 1.29 is 9.32 Å². The molecule has 0 bridgehead atoms. The SMILES string of the molecule is O=C(c1ccnc2ccccc12)N1CCN(Cc2nc(-c3cccs3)no2)CC1. The minimum absolute atomic E-state index is 0.0565. The van der Waals surface area contributed by atoms with Crippen molar-refractivity contribution >= 4 is 28.1 Å². The highest BCUT2D eigenvalue weighted by Crippen LogP contribution is 2.22. The number of hydrogen-bond acceptors (Lipinski definition) is 7. The summed E-state index contributed by atoms with van der Waals surface area (Å²) in [6.07, 6.45) is 1.70. The number of hydrogen-bond donors (Lipinski definition) is 0. The highest BCUT2D eigenvalue weighted by Gasteiger charge is 2.24. The maximum absolute atomic E-state index is 13.1. The van der Waals surface area contributed by atoms with E-state index in [1.54, 1.807) is 17.5 Å². The van der Waals surface area contributed by atoms with Gasteiger partial charge in [0.1, 0.15) is 0 Å². The Labute approximate surface area is 171 Å². The maximum atomic E-state index is 13.1. The second-order valence-electron chi connectivity index (χ2n) is 6.93. The molecule has 0 spiro atoms. The molecule has 0 aliphatic carbocycles. The molecule has 1 aromatic carbocycles. The summed E-state index contributed by atoms with van der Waals surface area (Å²) in [7, 11) is 0. The molecule has 3 aromatic heterocycles. The topological polar surface area (TPSA) is 75.4 Å². The first-order valence-electron chi connectivity index (χ1n) is 9.50. The fourth-order valence-electron chi connectivity index (χ4n) is 3.58. The summed E-state index contributed by atoms with van der Waals surface area (Å²) in [6, 6.07) is 13.5. The van der Waals surface area contributed by atoms with E-state index in [0.717, 1.165) is 28.9 Å². The fraction of sp³-hybridized carbons (Fsp3) is 0.238. The Bertz CT molecular complexity index is 1130. The van der Waals surface area contributed by atoms with Gasteiger partial charge in [-0.1, -0.05) is 29.4 Å². The summed E-state index contributed by atoms with van der Waals surface area (Å²) in [5.41, 5.74) is 1.55. The Morgan fingerprint density at radius 3 is 2.76 bits per heavy atom. The van der Waals surface area contributed by atoms with Gasteiger partial charge in [-0.15, -0.1) is 11.3 Å². The molecule has 1 saturated heterocycles. The minimum Gasteiger partial charge on any atom is -0.338 e. The van der Waals surface area contributed by atoms with E-state index in [0.29, 0.717) is 36.9 Å². The summed E-state index contributed by atoms with van der Waals surface area (Å²) in [5, 5.41) is 6.95. The van der Waals surface area contributed by atoms with Crippen LogP contribution in [0.2, 0.25) is 0 Å². The number of pyridine rings is 1. The predicted molar refractivity (Wildman–Crippen MR) is 111 cm³/mol. The van der Waals surface area contributed by atoms with Crippen molar-refractivity contribution in [1.82, 2.24) is 24.9 Å². The number of piperazine rings is 1. The molecular weight excluding hydrogens is 386 g/mol. The van der Waals surface area contributed by atoms with Crippen molar-refractivity contribution in [2.75, 3.05) is 26.2 Å². The van der Waals surface area contributed by atoms with Gasteiger partial charge in [0, 0.05) is 37.8 Å². The van der Waals surface area contributed by atoms with Crippen LogP contribution in [0.5, 0.6) is 0 Å². The highest BCUT2D eigenvalue weighted by atomic mass is 32.1. The summed E-state index contributed by atoms with van der Waals surface area (Å²) in [6.45, 7) is 3.47. The molecular formula is C21H19N5O2S. The third-order valence-electron chi connectivity index (χ3n) is 5.11. The van der Waals surface area contributed by atoms with Crippen LogP contribution in [0.25, 0.3) is 21.6 Å². The number of fused-ring (bicyclic) bond motifs is 1. The average Bonchev–Trinajstić information content (AvgIpc) is 3.45. The molecule has 146 valence electrons. The highest BCUT2D eigenvalue weighted by molar-refractivity contribution is 7.13. The molecule has 4 heterocycles. The second kappa shape index (κ2) is 7.73. The molecule has 29 heavy (non-hydrogen) atoms. The van der Waals surface area contributed by atoms with Gasteiger partial charge in [-0.25, -0.2) is 0 Å². The van der Waals surface area contributed by atoms with Crippen LogP contribution in [-0.4, -0.2) is 57.0 Å². The molecule has 0 radical (unpaired) electrons. The first kappa shape index (κ1) is 18.0. The van der Waals surface area contributed by atoms with Crippen LogP contribution in [-0.2, 0) is 6.54 Å². The molecule has 1 fully saturated rings. The molecule has 0 atom stereocenters. The first-order valence-corrected chi connectivity index (χ1v) is 10.4. The predicted octanol–water partition coefficient (Wildman–Crippen LogP) is 3.30. The number of amides is 1. The van der Waals surface area contributed by atoms with Crippen LogP contribution >= 0.6 is 11.3 Å². The number of nitrogens with zero attached hydrogens (tertiary/aromatic N) is 5. The summed E-state index contributed by atoms with van der Waals surface area (Å²) in [4.78, 5) is 27.0. The molecule has 4 aromatic rings. The third kappa shape index (κ3) is 3.64. The number of para-hydroxylation sites is 1. The molecule has 8 heteroatoms. The van der Waals surface area contributed by atoms with E-state index in [4.69, 9.17) is 4.52 Å². The first-order chi connectivity index (χ1) is 14.3. The summed E-state index contributed by atoms with van der Waals surface area (Å²) < 4.78 is 5.40. The zero-order valence-electron chi connectivity index (χ0n) is 15.7. The van der Waals surface area contributed by atoms with Crippen molar-refractivity contribution in [3.63, 3.8) is 0 Å². The van der Waals surface area contributed by atoms with Gasteiger partial charge in [-0.3, -0.25) is 14.7 Å². The third-order valence-corrected chi connectivity index (χ3v) is 5.97. The van der Waals surface area contributed by atoms with E-state index in [1.165, 1.54) is 0 Å². The maximum Gasteiger partial charge on any atom is 0.254 e. The Morgan fingerprint density at radius 1 is 1.07 bits per heavy atom. The van der Waals surface area contributed by atoms with Gasteiger partial charge in [-0.05, 0) is 23.6 Å². The monoisotopic (exact) mass is 405 g/mol. The lowest BCUT2D eigenvalue weighted by Gasteiger charge is -2.34.